The number of carbonyl (C=O) groups excluding carboxylic acids is 1. The molecule has 0 aromatic rings. The summed E-state index contributed by atoms with van der Waals surface area (Å²) in [4.78, 5) is 12.3. The van der Waals surface area contributed by atoms with Crippen molar-refractivity contribution in [1.29, 1.82) is 0 Å². The summed E-state index contributed by atoms with van der Waals surface area (Å²) in [7, 11) is 0. The van der Waals surface area contributed by atoms with E-state index in [0.717, 1.165) is 25.1 Å². The van der Waals surface area contributed by atoms with Gasteiger partial charge in [-0.05, 0) is 43.9 Å². The predicted molar refractivity (Wildman–Crippen MR) is 77.9 cm³/mol. The van der Waals surface area contributed by atoms with Crippen LogP contribution in [-0.2, 0) is 4.79 Å². The Morgan fingerprint density at radius 3 is 2.94 bits per heavy atom. The van der Waals surface area contributed by atoms with Crippen LogP contribution in [0.4, 0.5) is 0 Å². The molecule has 18 heavy (non-hydrogen) atoms. The number of piperidine rings is 1. The normalized spacial score (nSPS) is 36.6. The third-order valence-corrected chi connectivity index (χ3v) is 5.47. The third-order valence-electron chi connectivity index (χ3n) is 4.14. The van der Waals surface area contributed by atoms with Gasteiger partial charge in [-0.25, -0.2) is 0 Å². The number of carbonyl (C=O) groups is 1. The fraction of sp³-hybridized carbons (Fsp3) is 0.929. The van der Waals surface area contributed by atoms with Crippen LogP contribution in [0, 0.1) is 5.92 Å². The Kier molecular flexibility index (Phi) is 5.37. The molecule has 0 spiro atoms. The Balaban J connectivity index is 1.82. The molecule has 4 unspecified atom stereocenters. The van der Waals surface area contributed by atoms with Crippen LogP contribution < -0.4 is 10.6 Å². The summed E-state index contributed by atoms with van der Waals surface area (Å²) >= 11 is 2.00. The molecular weight excluding hydrogens is 244 g/mol. The van der Waals surface area contributed by atoms with Gasteiger partial charge < -0.3 is 10.6 Å². The van der Waals surface area contributed by atoms with Crippen molar-refractivity contribution in [1.82, 2.24) is 10.6 Å². The minimum Gasteiger partial charge on any atom is -0.351 e. The highest BCUT2D eigenvalue weighted by atomic mass is 32.2. The van der Waals surface area contributed by atoms with Crippen molar-refractivity contribution < 1.29 is 4.79 Å². The quantitative estimate of drug-likeness (QED) is 0.822. The number of rotatable bonds is 4. The maximum atomic E-state index is 12.3. The van der Waals surface area contributed by atoms with Gasteiger partial charge in [-0.15, -0.1) is 0 Å². The van der Waals surface area contributed by atoms with Gasteiger partial charge in [0, 0.05) is 11.3 Å². The van der Waals surface area contributed by atoms with Crippen molar-refractivity contribution in [3.63, 3.8) is 0 Å². The van der Waals surface area contributed by atoms with E-state index in [-0.39, 0.29) is 11.9 Å². The zero-order valence-electron chi connectivity index (χ0n) is 11.6. The second kappa shape index (κ2) is 6.80. The van der Waals surface area contributed by atoms with E-state index in [2.05, 4.69) is 24.5 Å². The van der Waals surface area contributed by atoms with Crippen LogP contribution in [0.25, 0.3) is 0 Å². The van der Waals surface area contributed by atoms with Crippen LogP contribution >= 0.6 is 11.8 Å². The minimum atomic E-state index is 0.0432. The molecule has 4 heteroatoms. The van der Waals surface area contributed by atoms with E-state index in [1.54, 1.807) is 0 Å². The zero-order chi connectivity index (χ0) is 13.0. The first-order valence-electron chi connectivity index (χ1n) is 7.36. The number of thioether (sulfide) groups is 1. The first kappa shape index (κ1) is 14.2. The lowest BCUT2D eigenvalue weighted by Gasteiger charge is -2.29. The Labute approximate surface area is 115 Å². The molecule has 2 aliphatic rings. The molecule has 4 atom stereocenters. The summed E-state index contributed by atoms with van der Waals surface area (Å²) in [5, 5.41) is 7.27. The summed E-state index contributed by atoms with van der Waals surface area (Å²) in [5.74, 6) is 2.05. The van der Waals surface area contributed by atoms with Crippen LogP contribution in [0.1, 0.15) is 46.0 Å². The van der Waals surface area contributed by atoms with Crippen LogP contribution in [-0.4, -0.2) is 35.5 Å². The lowest BCUT2D eigenvalue weighted by Crippen LogP contribution is -2.52. The molecule has 1 saturated heterocycles. The highest BCUT2D eigenvalue weighted by molar-refractivity contribution is 7.99. The van der Waals surface area contributed by atoms with Crippen LogP contribution in [0.15, 0.2) is 0 Å². The lowest BCUT2D eigenvalue weighted by atomic mass is 9.94. The molecule has 1 aliphatic carbocycles. The minimum absolute atomic E-state index is 0.0432. The van der Waals surface area contributed by atoms with Crippen LogP contribution in [0.3, 0.4) is 0 Å². The number of nitrogens with one attached hydrogen (secondary N) is 2. The van der Waals surface area contributed by atoms with Gasteiger partial charge in [0.15, 0.2) is 0 Å². The molecule has 2 fully saturated rings. The van der Waals surface area contributed by atoms with Crippen molar-refractivity contribution >= 4 is 17.7 Å². The second-order valence-corrected chi connectivity index (χ2v) is 7.19. The average molecular weight is 270 g/mol. The first-order chi connectivity index (χ1) is 8.70. The van der Waals surface area contributed by atoms with Gasteiger partial charge in [0.1, 0.15) is 0 Å². The van der Waals surface area contributed by atoms with E-state index in [1.807, 2.05) is 11.8 Å². The largest absolute Gasteiger partial charge is 0.351 e. The van der Waals surface area contributed by atoms with Gasteiger partial charge in [0.05, 0.1) is 6.04 Å². The average Bonchev–Trinajstić information content (AvgIpc) is 2.77. The molecule has 2 N–H and O–H groups in total. The highest BCUT2D eigenvalue weighted by Crippen LogP contribution is 2.30. The monoisotopic (exact) mass is 270 g/mol. The van der Waals surface area contributed by atoms with Gasteiger partial charge in [0.25, 0.3) is 0 Å². The molecule has 1 heterocycles. The van der Waals surface area contributed by atoms with Crippen molar-refractivity contribution in [2.75, 3.05) is 12.3 Å². The topological polar surface area (TPSA) is 41.1 Å². The lowest BCUT2D eigenvalue weighted by molar-refractivity contribution is -0.124. The SMILES string of the molecule is CCSC1CCCC1NC(=O)C1CC(C)CCN1. The van der Waals surface area contributed by atoms with Crippen molar-refractivity contribution in [3.05, 3.63) is 0 Å². The summed E-state index contributed by atoms with van der Waals surface area (Å²) in [6.45, 7) is 5.43. The van der Waals surface area contributed by atoms with Crippen molar-refractivity contribution in [2.45, 2.75) is 63.3 Å². The van der Waals surface area contributed by atoms with E-state index in [0.29, 0.717) is 17.2 Å². The molecule has 0 aromatic heterocycles. The Hall–Kier alpha value is -0.220. The van der Waals surface area contributed by atoms with Gasteiger partial charge in [-0.1, -0.05) is 20.3 Å². The summed E-state index contributed by atoms with van der Waals surface area (Å²) < 4.78 is 0. The standard InChI is InChI=1S/C14H26N2OS/c1-3-18-13-6-4-5-11(13)16-14(17)12-9-10(2)7-8-15-12/h10-13,15H,3-9H2,1-2H3,(H,16,17). The molecule has 0 bridgehead atoms. The number of hydrogen-bond donors (Lipinski definition) is 2. The fourth-order valence-electron chi connectivity index (χ4n) is 3.10. The summed E-state index contributed by atoms with van der Waals surface area (Å²) in [6.07, 6.45) is 5.87. The number of hydrogen-bond acceptors (Lipinski definition) is 3. The van der Waals surface area contributed by atoms with Gasteiger partial charge >= 0.3 is 0 Å². The van der Waals surface area contributed by atoms with Gasteiger partial charge in [-0.3, -0.25) is 4.79 Å². The van der Waals surface area contributed by atoms with Gasteiger partial charge in [-0.2, -0.15) is 11.8 Å². The summed E-state index contributed by atoms with van der Waals surface area (Å²) in [5.41, 5.74) is 0. The molecule has 1 aliphatic heterocycles. The summed E-state index contributed by atoms with van der Waals surface area (Å²) in [6, 6.07) is 0.447. The fourth-order valence-corrected chi connectivity index (χ4v) is 4.29. The van der Waals surface area contributed by atoms with E-state index in [1.165, 1.54) is 19.3 Å². The molecule has 104 valence electrons. The van der Waals surface area contributed by atoms with E-state index in [9.17, 15) is 4.79 Å². The van der Waals surface area contributed by atoms with Crippen LogP contribution in [0.5, 0.6) is 0 Å². The van der Waals surface area contributed by atoms with Crippen molar-refractivity contribution in [2.24, 2.45) is 5.92 Å². The van der Waals surface area contributed by atoms with E-state index in [4.69, 9.17) is 0 Å². The molecule has 0 aromatic carbocycles. The Bertz CT molecular complexity index is 285. The second-order valence-electron chi connectivity index (χ2n) is 5.68. The first-order valence-corrected chi connectivity index (χ1v) is 8.41. The maximum absolute atomic E-state index is 12.3. The predicted octanol–water partition coefficient (Wildman–Crippen LogP) is 2.16. The molecular formula is C14H26N2OS. The van der Waals surface area contributed by atoms with Gasteiger partial charge in [0.2, 0.25) is 5.91 Å². The third kappa shape index (κ3) is 3.64. The molecule has 0 radical (unpaired) electrons. The maximum Gasteiger partial charge on any atom is 0.237 e. The highest BCUT2D eigenvalue weighted by Gasteiger charge is 2.31. The molecule has 1 saturated carbocycles. The zero-order valence-corrected chi connectivity index (χ0v) is 12.4. The van der Waals surface area contributed by atoms with E-state index < -0.39 is 0 Å². The Morgan fingerprint density at radius 2 is 2.22 bits per heavy atom. The van der Waals surface area contributed by atoms with Crippen molar-refractivity contribution in [3.8, 4) is 0 Å². The van der Waals surface area contributed by atoms with Crippen LogP contribution in [0.2, 0.25) is 0 Å². The van der Waals surface area contributed by atoms with E-state index >= 15 is 0 Å². The molecule has 1 amide bonds. The molecule has 2 rings (SSSR count). The molecule has 3 nitrogen and oxygen atoms in total. The number of amides is 1. The smallest absolute Gasteiger partial charge is 0.237 e. The Morgan fingerprint density at radius 1 is 1.39 bits per heavy atom.